The number of carbonyl (C=O) groups excluding carboxylic acids is 1. The normalized spacial score (nSPS) is 9.70. The van der Waals surface area contributed by atoms with Gasteiger partial charge in [0, 0.05) is 0 Å². The van der Waals surface area contributed by atoms with Crippen LogP contribution in [0, 0.1) is 0 Å². The lowest BCUT2D eigenvalue weighted by atomic mass is 10.5. The molecule has 1 aromatic rings. The first-order valence-electron chi connectivity index (χ1n) is 2.53. The minimum absolute atomic E-state index is 0.132. The van der Waals surface area contributed by atoms with Crippen LogP contribution in [-0.2, 0) is 0 Å². The van der Waals surface area contributed by atoms with Crippen LogP contribution in [0.5, 0.6) is 0 Å². The molecule has 2 N–H and O–H groups in total. The molecule has 0 aliphatic carbocycles. The Morgan fingerprint density at radius 3 is 3.00 bits per heavy atom. The van der Waals surface area contributed by atoms with E-state index in [-0.39, 0.29) is 5.76 Å². The molecule has 1 aromatic heterocycles. The SMILES string of the molecule is CSc1ncoc1C(N)=O. The van der Waals surface area contributed by atoms with Gasteiger partial charge < -0.3 is 10.2 Å². The monoisotopic (exact) mass is 158 g/mol. The van der Waals surface area contributed by atoms with Crippen LogP contribution >= 0.6 is 11.8 Å². The van der Waals surface area contributed by atoms with Crippen molar-refractivity contribution in [1.29, 1.82) is 0 Å². The minimum atomic E-state index is -0.582. The van der Waals surface area contributed by atoms with E-state index in [1.165, 1.54) is 18.2 Å². The van der Waals surface area contributed by atoms with Gasteiger partial charge in [0.1, 0.15) is 5.03 Å². The Morgan fingerprint density at radius 2 is 2.60 bits per heavy atom. The highest BCUT2D eigenvalue weighted by Crippen LogP contribution is 2.16. The summed E-state index contributed by atoms with van der Waals surface area (Å²) in [6, 6.07) is 0. The summed E-state index contributed by atoms with van der Waals surface area (Å²) < 4.78 is 4.71. The predicted octanol–water partition coefficient (Wildman–Crippen LogP) is 0.495. The van der Waals surface area contributed by atoms with Crippen LogP contribution < -0.4 is 5.73 Å². The lowest BCUT2D eigenvalue weighted by molar-refractivity contribution is 0.0970. The molecule has 0 saturated carbocycles. The van der Waals surface area contributed by atoms with E-state index >= 15 is 0 Å². The van der Waals surface area contributed by atoms with Crippen molar-refractivity contribution in [3.8, 4) is 0 Å². The van der Waals surface area contributed by atoms with Gasteiger partial charge in [-0.2, -0.15) is 0 Å². The maximum atomic E-state index is 10.5. The predicted molar refractivity (Wildman–Crippen MR) is 36.8 cm³/mol. The first-order chi connectivity index (χ1) is 4.75. The second-order valence-corrected chi connectivity index (χ2v) is 2.35. The Balaban J connectivity index is 3.01. The average Bonchev–Trinajstić information content (AvgIpc) is 2.33. The molecule has 0 fully saturated rings. The Morgan fingerprint density at radius 1 is 1.90 bits per heavy atom. The fraction of sp³-hybridized carbons (Fsp3) is 0.200. The third-order valence-corrected chi connectivity index (χ3v) is 1.63. The second kappa shape index (κ2) is 2.74. The van der Waals surface area contributed by atoms with Crippen molar-refractivity contribution in [3.05, 3.63) is 12.2 Å². The average molecular weight is 158 g/mol. The number of primary amides is 1. The quantitative estimate of drug-likeness (QED) is 0.636. The molecule has 0 aliphatic rings. The van der Waals surface area contributed by atoms with Gasteiger partial charge >= 0.3 is 0 Å². The second-order valence-electron chi connectivity index (χ2n) is 1.56. The van der Waals surface area contributed by atoms with Crippen LogP contribution in [0.1, 0.15) is 10.6 Å². The van der Waals surface area contributed by atoms with Gasteiger partial charge in [0.15, 0.2) is 6.39 Å². The summed E-state index contributed by atoms with van der Waals surface area (Å²) in [6.07, 6.45) is 3.00. The molecule has 10 heavy (non-hydrogen) atoms. The number of aromatic nitrogens is 1. The van der Waals surface area contributed by atoms with Crippen LogP contribution in [0.3, 0.4) is 0 Å². The van der Waals surface area contributed by atoms with Crippen molar-refractivity contribution in [1.82, 2.24) is 4.98 Å². The zero-order chi connectivity index (χ0) is 7.56. The summed E-state index contributed by atoms with van der Waals surface area (Å²) in [5.41, 5.74) is 4.95. The summed E-state index contributed by atoms with van der Waals surface area (Å²) in [7, 11) is 0. The lowest BCUT2D eigenvalue weighted by Crippen LogP contribution is -2.10. The highest BCUT2D eigenvalue weighted by Gasteiger charge is 2.11. The van der Waals surface area contributed by atoms with Crippen LogP contribution in [-0.4, -0.2) is 17.1 Å². The molecular weight excluding hydrogens is 152 g/mol. The van der Waals surface area contributed by atoms with Crippen molar-refractivity contribution in [2.75, 3.05) is 6.26 Å². The van der Waals surface area contributed by atoms with Gasteiger partial charge in [0.2, 0.25) is 5.76 Å². The molecule has 54 valence electrons. The van der Waals surface area contributed by atoms with Crippen molar-refractivity contribution in [2.45, 2.75) is 5.03 Å². The van der Waals surface area contributed by atoms with E-state index < -0.39 is 5.91 Å². The Hall–Kier alpha value is -0.970. The third-order valence-electron chi connectivity index (χ3n) is 0.952. The molecule has 0 saturated heterocycles. The standard InChI is InChI=1S/C5H6N2O2S/c1-10-5-3(4(6)8)9-2-7-5/h2H,1H3,(H2,6,8). The van der Waals surface area contributed by atoms with Crippen molar-refractivity contribution in [3.63, 3.8) is 0 Å². The molecule has 4 nitrogen and oxygen atoms in total. The smallest absolute Gasteiger partial charge is 0.287 e. The van der Waals surface area contributed by atoms with Crippen molar-refractivity contribution < 1.29 is 9.21 Å². The summed E-state index contributed by atoms with van der Waals surface area (Å²) in [4.78, 5) is 14.3. The number of carbonyl (C=O) groups is 1. The lowest BCUT2D eigenvalue weighted by Gasteiger charge is -1.88. The highest BCUT2D eigenvalue weighted by atomic mass is 32.2. The summed E-state index contributed by atoms with van der Waals surface area (Å²) in [6.45, 7) is 0. The molecule has 0 atom stereocenters. The number of oxazole rings is 1. The summed E-state index contributed by atoms with van der Waals surface area (Å²) in [5, 5.41) is 0.535. The van der Waals surface area contributed by atoms with E-state index in [9.17, 15) is 4.79 Å². The number of nitrogens with two attached hydrogens (primary N) is 1. The number of rotatable bonds is 2. The van der Waals surface area contributed by atoms with Gasteiger partial charge in [-0.05, 0) is 6.26 Å². The Bertz CT molecular complexity index is 246. The van der Waals surface area contributed by atoms with Crippen LogP contribution in [0.2, 0.25) is 0 Å². The zero-order valence-corrected chi connectivity index (χ0v) is 6.14. The molecule has 0 bridgehead atoms. The third kappa shape index (κ3) is 1.13. The number of nitrogens with zero attached hydrogens (tertiary/aromatic N) is 1. The van der Waals surface area contributed by atoms with Gasteiger partial charge in [-0.25, -0.2) is 4.98 Å². The van der Waals surface area contributed by atoms with E-state index in [0.29, 0.717) is 5.03 Å². The Labute approximate surface area is 61.8 Å². The van der Waals surface area contributed by atoms with E-state index in [4.69, 9.17) is 10.2 Å². The molecule has 1 heterocycles. The molecule has 1 amide bonds. The van der Waals surface area contributed by atoms with Gasteiger partial charge in [-0.3, -0.25) is 4.79 Å². The molecule has 0 aliphatic heterocycles. The highest BCUT2D eigenvalue weighted by molar-refractivity contribution is 7.98. The van der Waals surface area contributed by atoms with Crippen LogP contribution in [0.15, 0.2) is 15.8 Å². The molecule has 0 aromatic carbocycles. The fourth-order valence-electron chi connectivity index (χ4n) is 0.545. The number of hydrogen-bond acceptors (Lipinski definition) is 4. The number of amides is 1. The van der Waals surface area contributed by atoms with E-state index in [1.807, 2.05) is 0 Å². The molecule has 1 rings (SSSR count). The van der Waals surface area contributed by atoms with Crippen molar-refractivity contribution in [2.24, 2.45) is 5.73 Å². The van der Waals surface area contributed by atoms with Gasteiger partial charge in [0.25, 0.3) is 5.91 Å². The molecular formula is C5H6N2O2S. The molecule has 0 radical (unpaired) electrons. The zero-order valence-electron chi connectivity index (χ0n) is 5.33. The van der Waals surface area contributed by atoms with Gasteiger partial charge in [-0.15, -0.1) is 11.8 Å². The molecule has 0 unspecified atom stereocenters. The first-order valence-corrected chi connectivity index (χ1v) is 3.75. The van der Waals surface area contributed by atoms with E-state index in [1.54, 1.807) is 6.26 Å². The van der Waals surface area contributed by atoms with Crippen LogP contribution in [0.4, 0.5) is 0 Å². The van der Waals surface area contributed by atoms with E-state index in [2.05, 4.69) is 4.98 Å². The number of thioether (sulfide) groups is 1. The molecule has 5 heteroatoms. The largest absolute Gasteiger partial charge is 0.437 e. The van der Waals surface area contributed by atoms with E-state index in [0.717, 1.165) is 0 Å². The van der Waals surface area contributed by atoms with Crippen molar-refractivity contribution >= 4 is 17.7 Å². The summed E-state index contributed by atoms with van der Waals surface area (Å²) in [5.74, 6) is -0.450. The van der Waals surface area contributed by atoms with Gasteiger partial charge in [0.05, 0.1) is 0 Å². The minimum Gasteiger partial charge on any atom is -0.437 e. The molecule has 0 spiro atoms. The summed E-state index contributed by atoms with van der Waals surface area (Å²) >= 11 is 1.32. The Kier molecular flexibility index (Phi) is 1.96. The topological polar surface area (TPSA) is 69.1 Å². The fourth-order valence-corrected chi connectivity index (χ4v) is 1.03. The van der Waals surface area contributed by atoms with Gasteiger partial charge in [-0.1, -0.05) is 0 Å². The first kappa shape index (κ1) is 7.14. The maximum absolute atomic E-state index is 10.5. The van der Waals surface area contributed by atoms with Crippen LogP contribution in [0.25, 0.3) is 0 Å². The maximum Gasteiger partial charge on any atom is 0.287 e. The number of hydrogen-bond donors (Lipinski definition) is 1.